The van der Waals surface area contributed by atoms with E-state index in [2.05, 4.69) is 22.3 Å². The van der Waals surface area contributed by atoms with Crippen molar-refractivity contribution >= 4 is 17.4 Å². The summed E-state index contributed by atoms with van der Waals surface area (Å²) in [7, 11) is 0. The Kier molecular flexibility index (Phi) is 10.0. The average Bonchev–Trinajstić information content (AvgIpc) is 3.49. The minimum Gasteiger partial charge on any atom is -0.392 e. The van der Waals surface area contributed by atoms with Gasteiger partial charge in [-0.05, 0) is 47.7 Å². The highest BCUT2D eigenvalue weighted by molar-refractivity contribution is 5.97. The molecule has 0 aromatic heterocycles. The molecule has 1 amide bonds. The van der Waals surface area contributed by atoms with Crippen LogP contribution in [-0.2, 0) is 27.3 Å². The first-order valence-electron chi connectivity index (χ1n) is 15.8. The lowest BCUT2D eigenvalue weighted by Gasteiger charge is -2.44. The number of Topliss-reactive ketones (excluding diaryl/α,β-unsaturated/α-hetero) is 1. The number of likely N-dealkylation sites (tertiary alicyclic amines) is 1. The molecule has 8 nitrogen and oxygen atoms in total. The second-order valence-corrected chi connectivity index (χ2v) is 12.2. The summed E-state index contributed by atoms with van der Waals surface area (Å²) >= 11 is 0. The lowest BCUT2D eigenvalue weighted by molar-refractivity contribution is -0.263. The van der Waals surface area contributed by atoms with Crippen molar-refractivity contribution in [2.75, 3.05) is 25.0 Å². The van der Waals surface area contributed by atoms with E-state index in [0.29, 0.717) is 24.3 Å². The number of carbonyl (C=O) groups excluding carboxylic acids is 2. The van der Waals surface area contributed by atoms with E-state index >= 15 is 0 Å². The van der Waals surface area contributed by atoms with Gasteiger partial charge in [-0.2, -0.15) is 0 Å². The highest BCUT2D eigenvalue weighted by Crippen LogP contribution is 2.47. The standard InChI is InChI=1S/C38H40N2O6/c1-25(42)31-8-5-9-32(21-31)39-35(44)20-26-10-16-30(17-11-26)38-45-34(23-40-19-18-33(43)22-40)36(28-6-3-2-4-7-28)37(46-38)29-14-12-27(24-41)13-15-29/h2-17,21,33-34,36-38,41,43H,18-20,22-24H2,1H3,(H,39,44). The summed E-state index contributed by atoms with van der Waals surface area (Å²) in [6, 6.07) is 32.8. The normalized spacial score (nSPS) is 23.2. The van der Waals surface area contributed by atoms with E-state index in [-0.39, 0.29) is 48.9 Å². The Morgan fingerprint density at radius 1 is 0.848 bits per heavy atom. The van der Waals surface area contributed by atoms with Crippen molar-refractivity contribution in [3.05, 3.63) is 137 Å². The molecule has 0 saturated carbocycles. The van der Waals surface area contributed by atoms with Gasteiger partial charge in [-0.15, -0.1) is 0 Å². The number of nitrogens with one attached hydrogen (secondary N) is 1. The number of aliphatic hydroxyl groups excluding tert-OH is 2. The lowest BCUT2D eigenvalue weighted by Crippen LogP contribution is -2.44. The maximum atomic E-state index is 12.8. The van der Waals surface area contributed by atoms with Gasteiger partial charge in [0, 0.05) is 42.4 Å². The van der Waals surface area contributed by atoms with Crippen molar-refractivity contribution in [3.63, 3.8) is 0 Å². The number of amides is 1. The van der Waals surface area contributed by atoms with Crippen LogP contribution in [0, 0.1) is 0 Å². The number of anilines is 1. The van der Waals surface area contributed by atoms with E-state index in [9.17, 15) is 19.8 Å². The third-order valence-corrected chi connectivity index (χ3v) is 8.83. The van der Waals surface area contributed by atoms with Crippen LogP contribution in [0.2, 0.25) is 0 Å². The monoisotopic (exact) mass is 620 g/mol. The van der Waals surface area contributed by atoms with Crippen LogP contribution in [0.1, 0.15) is 69.8 Å². The van der Waals surface area contributed by atoms with Crippen LogP contribution in [0.3, 0.4) is 0 Å². The highest BCUT2D eigenvalue weighted by atomic mass is 16.7. The van der Waals surface area contributed by atoms with Crippen LogP contribution in [-0.4, -0.2) is 58.6 Å². The molecule has 6 rings (SSSR count). The number of ketones is 1. The molecule has 5 unspecified atom stereocenters. The Hall–Kier alpha value is -4.18. The molecule has 0 aliphatic carbocycles. The fourth-order valence-electron chi connectivity index (χ4n) is 6.40. The summed E-state index contributed by atoms with van der Waals surface area (Å²) in [5.74, 6) is -0.346. The summed E-state index contributed by atoms with van der Waals surface area (Å²) < 4.78 is 13.6. The van der Waals surface area contributed by atoms with Crippen LogP contribution in [0.4, 0.5) is 5.69 Å². The Morgan fingerprint density at radius 3 is 2.24 bits per heavy atom. The van der Waals surface area contributed by atoms with E-state index < -0.39 is 6.29 Å². The smallest absolute Gasteiger partial charge is 0.228 e. The third kappa shape index (κ3) is 7.61. The van der Waals surface area contributed by atoms with E-state index in [1.807, 2.05) is 66.7 Å². The number of rotatable bonds is 10. The molecule has 0 bridgehead atoms. The van der Waals surface area contributed by atoms with Gasteiger partial charge in [0.1, 0.15) is 0 Å². The topological polar surface area (TPSA) is 108 Å². The molecule has 2 fully saturated rings. The fraction of sp³-hybridized carbons (Fsp3) is 0.316. The largest absolute Gasteiger partial charge is 0.392 e. The molecule has 46 heavy (non-hydrogen) atoms. The number of β-amino-alcohol motifs (C(OH)–C–C–N with tert-alkyl or cyclic N) is 1. The molecule has 0 radical (unpaired) electrons. The molecule has 2 saturated heterocycles. The molecule has 2 aliphatic rings. The zero-order chi connectivity index (χ0) is 32.0. The second-order valence-electron chi connectivity index (χ2n) is 12.2. The van der Waals surface area contributed by atoms with Crippen LogP contribution < -0.4 is 5.32 Å². The minimum absolute atomic E-state index is 0.0330. The van der Waals surface area contributed by atoms with Crippen molar-refractivity contribution in [2.24, 2.45) is 0 Å². The number of benzene rings is 4. The molecule has 8 heteroatoms. The van der Waals surface area contributed by atoms with E-state index in [0.717, 1.165) is 40.8 Å². The molecule has 2 heterocycles. The molecule has 3 N–H and O–H groups in total. The van der Waals surface area contributed by atoms with Gasteiger partial charge in [-0.1, -0.05) is 91.0 Å². The summed E-state index contributed by atoms with van der Waals surface area (Å²) in [5.41, 5.74) is 5.74. The Labute approximate surface area is 269 Å². The van der Waals surface area contributed by atoms with Crippen LogP contribution in [0.5, 0.6) is 0 Å². The lowest BCUT2D eigenvalue weighted by atomic mass is 9.83. The molecule has 2 aliphatic heterocycles. The third-order valence-electron chi connectivity index (χ3n) is 8.83. The van der Waals surface area contributed by atoms with Gasteiger partial charge in [-0.3, -0.25) is 14.5 Å². The molecule has 4 aromatic rings. The maximum absolute atomic E-state index is 12.8. The summed E-state index contributed by atoms with van der Waals surface area (Å²) in [6.45, 7) is 3.52. The fourth-order valence-corrected chi connectivity index (χ4v) is 6.40. The van der Waals surface area contributed by atoms with E-state index in [4.69, 9.17) is 9.47 Å². The number of aliphatic hydroxyl groups is 2. The molecular weight excluding hydrogens is 580 g/mol. The maximum Gasteiger partial charge on any atom is 0.228 e. The molecule has 238 valence electrons. The first-order valence-corrected chi connectivity index (χ1v) is 15.8. The molecule has 5 atom stereocenters. The summed E-state index contributed by atoms with van der Waals surface area (Å²) in [4.78, 5) is 26.8. The number of hydrogen-bond acceptors (Lipinski definition) is 7. The minimum atomic E-state index is -0.655. The van der Waals surface area contributed by atoms with Gasteiger partial charge in [0.15, 0.2) is 12.1 Å². The SMILES string of the molecule is CC(=O)c1cccc(NC(=O)Cc2ccc(C3OC(CN4CCC(O)C4)C(c4ccccc4)C(c4ccc(CO)cc4)O3)cc2)c1. The summed E-state index contributed by atoms with van der Waals surface area (Å²) in [6.07, 6.45) is -0.640. The van der Waals surface area contributed by atoms with Gasteiger partial charge in [-0.25, -0.2) is 0 Å². The van der Waals surface area contributed by atoms with Crippen molar-refractivity contribution in [2.45, 2.75) is 56.9 Å². The molecule has 0 spiro atoms. The molecular formula is C38H40N2O6. The predicted octanol–water partition coefficient (Wildman–Crippen LogP) is 5.57. The van der Waals surface area contributed by atoms with Gasteiger partial charge in [0.05, 0.1) is 31.3 Å². The van der Waals surface area contributed by atoms with Gasteiger partial charge >= 0.3 is 0 Å². The van der Waals surface area contributed by atoms with Gasteiger partial charge in [0.25, 0.3) is 0 Å². The van der Waals surface area contributed by atoms with Crippen LogP contribution >= 0.6 is 0 Å². The zero-order valence-corrected chi connectivity index (χ0v) is 25.9. The van der Waals surface area contributed by atoms with Crippen molar-refractivity contribution in [1.29, 1.82) is 0 Å². The Bertz CT molecular complexity index is 1630. The van der Waals surface area contributed by atoms with Crippen LogP contribution in [0.15, 0.2) is 103 Å². The Morgan fingerprint density at radius 2 is 1.57 bits per heavy atom. The first kappa shape index (κ1) is 31.8. The number of carbonyl (C=O) groups is 2. The summed E-state index contributed by atoms with van der Waals surface area (Å²) in [5, 5.41) is 22.8. The second kappa shape index (κ2) is 14.5. The zero-order valence-electron chi connectivity index (χ0n) is 25.9. The number of ether oxygens (including phenoxy) is 2. The quantitative estimate of drug-likeness (QED) is 0.199. The molecule has 4 aromatic carbocycles. The van der Waals surface area contributed by atoms with E-state index in [1.54, 1.807) is 24.3 Å². The predicted molar refractivity (Wildman–Crippen MR) is 175 cm³/mol. The Balaban J connectivity index is 1.24. The first-order chi connectivity index (χ1) is 22.4. The van der Waals surface area contributed by atoms with Gasteiger partial charge < -0.3 is 25.0 Å². The number of nitrogens with zero attached hydrogens (tertiary/aromatic N) is 1. The van der Waals surface area contributed by atoms with Gasteiger partial charge in [0.2, 0.25) is 5.91 Å². The van der Waals surface area contributed by atoms with Crippen molar-refractivity contribution < 1.29 is 29.3 Å². The van der Waals surface area contributed by atoms with E-state index in [1.165, 1.54) is 6.92 Å². The highest BCUT2D eigenvalue weighted by Gasteiger charge is 2.43. The van der Waals surface area contributed by atoms with Crippen molar-refractivity contribution in [3.8, 4) is 0 Å². The van der Waals surface area contributed by atoms with Crippen molar-refractivity contribution in [1.82, 2.24) is 4.90 Å². The van der Waals surface area contributed by atoms with Crippen LogP contribution in [0.25, 0.3) is 0 Å². The average molecular weight is 621 g/mol. The number of hydrogen-bond donors (Lipinski definition) is 3.